The molecule has 182 valence electrons. The van der Waals surface area contributed by atoms with Gasteiger partial charge in [0.2, 0.25) is 0 Å². The Balaban J connectivity index is 1.72. The van der Waals surface area contributed by atoms with Gasteiger partial charge in [-0.2, -0.15) is 0 Å². The molecule has 0 saturated heterocycles. The van der Waals surface area contributed by atoms with Crippen molar-refractivity contribution in [3.8, 4) is 11.1 Å². The second kappa shape index (κ2) is 13.4. The van der Waals surface area contributed by atoms with Gasteiger partial charge in [0.1, 0.15) is 12.4 Å². The number of ketones is 2. The molecule has 1 atom stereocenters. The van der Waals surface area contributed by atoms with E-state index in [9.17, 15) is 14.4 Å². The minimum absolute atomic E-state index is 0.0414. The Labute approximate surface area is 207 Å². The van der Waals surface area contributed by atoms with E-state index in [1.807, 2.05) is 73.7 Å². The molecule has 0 aliphatic rings. The van der Waals surface area contributed by atoms with Gasteiger partial charge in [-0.3, -0.25) is 9.59 Å². The number of Topliss-reactive ketones (excluding diaryl/α,β-unsaturated/α-hetero) is 2. The number of carbonyl (C=O) groups excluding carboxylic acids is 3. The maximum atomic E-state index is 13.0. The Morgan fingerprint density at radius 2 is 1.49 bits per heavy atom. The first-order valence-electron chi connectivity index (χ1n) is 12.0. The normalized spacial score (nSPS) is 11.6. The van der Waals surface area contributed by atoms with E-state index in [-0.39, 0.29) is 18.2 Å². The molecule has 0 amide bonds. The van der Waals surface area contributed by atoms with E-state index < -0.39 is 11.9 Å². The van der Waals surface area contributed by atoms with Crippen LogP contribution in [0, 0.1) is 5.92 Å². The SMILES string of the molecule is CCCCC(=O)C(Cc1ccc(-c2ccccc2C(=O)OC)cc1)C(=O)COCc1ccccc1. The zero-order chi connectivity index (χ0) is 25.0. The molecule has 0 aromatic heterocycles. The topological polar surface area (TPSA) is 69.7 Å². The zero-order valence-electron chi connectivity index (χ0n) is 20.4. The molecule has 3 aromatic carbocycles. The van der Waals surface area contributed by atoms with Gasteiger partial charge in [0.25, 0.3) is 0 Å². The first kappa shape index (κ1) is 26.0. The van der Waals surface area contributed by atoms with Crippen LogP contribution in [-0.4, -0.2) is 31.3 Å². The first-order valence-corrected chi connectivity index (χ1v) is 12.0. The van der Waals surface area contributed by atoms with Crippen molar-refractivity contribution in [1.82, 2.24) is 0 Å². The van der Waals surface area contributed by atoms with E-state index in [0.29, 0.717) is 25.0 Å². The summed E-state index contributed by atoms with van der Waals surface area (Å²) in [5, 5.41) is 0. The second-order valence-electron chi connectivity index (χ2n) is 8.51. The van der Waals surface area contributed by atoms with Crippen molar-refractivity contribution in [2.24, 2.45) is 5.92 Å². The van der Waals surface area contributed by atoms with E-state index in [1.54, 1.807) is 12.1 Å². The van der Waals surface area contributed by atoms with Crippen molar-refractivity contribution < 1.29 is 23.9 Å². The number of hydrogen-bond acceptors (Lipinski definition) is 5. The van der Waals surface area contributed by atoms with Crippen LogP contribution in [0.15, 0.2) is 78.9 Å². The highest BCUT2D eigenvalue weighted by molar-refractivity contribution is 6.03. The Bertz CT molecular complexity index is 1120. The van der Waals surface area contributed by atoms with Crippen LogP contribution in [0.3, 0.4) is 0 Å². The van der Waals surface area contributed by atoms with Crippen molar-refractivity contribution in [1.29, 1.82) is 0 Å². The fourth-order valence-electron chi connectivity index (χ4n) is 3.96. The van der Waals surface area contributed by atoms with Crippen molar-refractivity contribution in [2.75, 3.05) is 13.7 Å². The molecule has 1 unspecified atom stereocenters. The molecular formula is C30H32O5. The van der Waals surface area contributed by atoms with Crippen molar-refractivity contribution in [3.63, 3.8) is 0 Å². The van der Waals surface area contributed by atoms with Crippen LogP contribution in [0.4, 0.5) is 0 Å². The quantitative estimate of drug-likeness (QED) is 0.231. The fourth-order valence-corrected chi connectivity index (χ4v) is 3.96. The van der Waals surface area contributed by atoms with Gasteiger partial charge in [-0.1, -0.05) is 86.1 Å². The molecule has 35 heavy (non-hydrogen) atoms. The van der Waals surface area contributed by atoms with Crippen LogP contribution in [-0.2, 0) is 32.1 Å². The van der Waals surface area contributed by atoms with Gasteiger partial charge in [0.15, 0.2) is 5.78 Å². The molecular weight excluding hydrogens is 440 g/mol. The molecule has 3 aromatic rings. The zero-order valence-corrected chi connectivity index (χ0v) is 20.4. The first-order chi connectivity index (χ1) is 17.0. The van der Waals surface area contributed by atoms with Crippen LogP contribution < -0.4 is 0 Å². The molecule has 0 heterocycles. The highest BCUT2D eigenvalue weighted by Crippen LogP contribution is 2.26. The van der Waals surface area contributed by atoms with Crippen LogP contribution >= 0.6 is 0 Å². The summed E-state index contributed by atoms with van der Waals surface area (Å²) < 4.78 is 10.5. The summed E-state index contributed by atoms with van der Waals surface area (Å²) in [6.07, 6.45) is 2.37. The van der Waals surface area contributed by atoms with Crippen LogP contribution in [0.1, 0.15) is 47.7 Å². The lowest BCUT2D eigenvalue weighted by atomic mass is 9.88. The van der Waals surface area contributed by atoms with Gasteiger partial charge in [0, 0.05) is 6.42 Å². The Kier molecular flexibility index (Phi) is 9.93. The summed E-state index contributed by atoms with van der Waals surface area (Å²) in [6.45, 7) is 2.26. The summed E-state index contributed by atoms with van der Waals surface area (Å²) in [5.41, 5.74) is 3.99. The molecule has 0 spiro atoms. The van der Waals surface area contributed by atoms with Crippen molar-refractivity contribution in [2.45, 2.75) is 39.2 Å². The van der Waals surface area contributed by atoms with E-state index in [2.05, 4.69) is 0 Å². The molecule has 0 saturated carbocycles. The van der Waals surface area contributed by atoms with E-state index >= 15 is 0 Å². The molecule has 5 heteroatoms. The average Bonchev–Trinajstić information content (AvgIpc) is 2.90. The number of benzene rings is 3. The average molecular weight is 473 g/mol. The highest BCUT2D eigenvalue weighted by atomic mass is 16.5. The predicted molar refractivity (Wildman–Crippen MR) is 136 cm³/mol. The van der Waals surface area contributed by atoms with Gasteiger partial charge in [0.05, 0.1) is 25.2 Å². The highest BCUT2D eigenvalue weighted by Gasteiger charge is 2.26. The van der Waals surface area contributed by atoms with Gasteiger partial charge >= 0.3 is 5.97 Å². The van der Waals surface area contributed by atoms with Crippen LogP contribution in [0.5, 0.6) is 0 Å². The number of carbonyl (C=O) groups is 3. The lowest BCUT2D eigenvalue weighted by Crippen LogP contribution is -2.29. The smallest absolute Gasteiger partial charge is 0.338 e. The molecule has 0 aliphatic carbocycles. The summed E-state index contributed by atoms with van der Waals surface area (Å²) in [7, 11) is 1.36. The molecule has 0 fully saturated rings. The molecule has 3 rings (SSSR count). The monoisotopic (exact) mass is 472 g/mol. The fraction of sp³-hybridized carbons (Fsp3) is 0.300. The maximum absolute atomic E-state index is 13.0. The summed E-state index contributed by atoms with van der Waals surface area (Å²) in [5.74, 6) is -1.36. The summed E-state index contributed by atoms with van der Waals surface area (Å²) in [4.78, 5) is 38.0. The number of unbranched alkanes of at least 4 members (excludes halogenated alkanes) is 1. The lowest BCUT2D eigenvalue weighted by molar-refractivity contribution is -0.135. The second-order valence-corrected chi connectivity index (χ2v) is 8.51. The Morgan fingerprint density at radius 1 is 0.800 bits per heavy atom. The minimum atomic E-state index is -0.731. The number of hydrogen-bond donors (Lipinski definition) is 0. The predicted octanol–water partition coefficient (Wildman–Crippen LogP) is 5.84. The largest absolute Gasteiger partial charge is 0.465 e. The lowest BCUT2D eigenvalue weighted by Gasteiger charge is -2.16. The van der Waals surface area contributed by atoms with E-state index in [0.717, 1.165) is 35.1 Å². The van der Waals surface area contributed by atoms with Gasteiger partial charge < -0.3 is 9.47 Å². The molecule has 0 aliphatic heterocycles. The van der Waals surface area contributed by atoms with Crippen molar-refractivity contribution in [3.05, 3.63) is 95.6 Å². The maximum Gasteiger partial charge on any atom is 0.338 e. The number of esters is 1. The molecule has 0 radical (unpaired) electrons. The number of methoxy groups -OCH3 is 1. The minimum Gasteiger partial charge on any atom is -0.465 e. The third-order valence-corrected chi connectivity index (χ3v) is 5.95. The number of ether oxygens (including phenoxy) is 2. The third-order valence-electron chi connectivity index (χ3n) is 5.95. The van der Waals surface area contributed by atoms with Crippen LogP contribution in [0.25, 0.3) is 11.1 Å². The summed E-state index contributed by atoms with van der Waals surface area (Å²) >= 11 is 0. The third kappa shape index (κ3) is 7.46. The summed E-state index contributed by atoms with van der Waals surface area (Å²) in [6, 6.07) is 24.5. The van der Waals surface area contributed by atoms with E-state index in [1.165, 1.54) is 7.11 Å². The van der Waals surface area contributed by atoms with Crippen molar-refractivity contribution >= 4 is 17.5 Å². The van der Waals surface area contributed by atoms with Gasteiger partial charge in [-0.05, 0) is 41.2 Å². The van der Waals surface area contributed by atoms with E-state index in [4.69, 9.17) is 9.47 Å². The Hall–Kier alpha value is -3.57. The van der Waals surface area contributed by atoms with Gasteiger partial charge in [-0.15, -0.1) is 0 Å². The Morgan fingerprint density at radius 3 is 2.17 bits per heavy atom. The molecule has 0 N–H and O–H groups in total. The molecule has 5 nitrogen and oxygen atoms in total. The van der Waals surface area contributed by atoms with Crippen LogP contribution in [0.2, 0.25) is 0 Å². The number of rotatable bonds is 13. The standard InChI is InChI=1S/C30H32O5/c1-3-4-14-28(31)27(29(32)21-35-20-23-10-6-5-7-11-23)19-22-15-17-24(18-16-22)25-12-8-9-13-26(25)30(33)34-2/h5-13,15-18,27H,3-4,14,19-21H2,1-2H3. The van der Waals surface area contributed by atoms with Gasteiger partial charge in [-0.25, -0.2) is 4.79 Å². The molecule has 0 bridgehead atoms.